The van der Waals surface area contributed by atoms with Crippen LogP contribution in [0.3, 0.4) is 0 Å². The molecule has 2 aromatic rings. The van der Waals surface area contributed by atoms with Gasteiger partial charge >= 0.3 is 5.97 Å². The van der Waals surface area contributed by atoms with Crippen molar-refractivity contribution in [2.24, 2.45) is 0 Å². The molecule has 2 aliphatic rings. The van der Waals surface area contributed by atoms with E-state index in [0.717, 1.165) is 17.3 Å². The van der Waals surface area contributed by atoms with Crippen LogP contribution in [-0.4, -0.2) is 49.6 Å². The highest BCUT2D eigenvalue weighted by atomic mass is 32.2. The molecule has 1 atom stereocenters. The Labute approximate surface area is 199 Å². The number of thiocarbonyl (C=S) groups is 1. The number of nitrogens with one attached hydrogen (secondary N) is 1. The van der Waals surface area contributed by atoms with Gasteiger partial charge in [0.25, 0.3) is 5.91 Å². The molecule has 0 aromatic heterocycles. The zero-order chi connectivity index (χ0) is 23.7. The molecule has 9 nitrogen and oxygen atoms in total. The maximum Gasteiger partial charge on any atom is 0.344 e. The first-order valence-electron chi connectivity index (χ1n) is 9.63. The number of hydrogen-bond acceptors (Lipinski definition) is 10. The molecule has 33 heavy (non-hydrogen) atoms. The summed E-state index contributed by atoms with van der Waals surface area (Å²) >= 11 is 6.51. The van der Waals surface area contributed by atoms with E-state index in [9.17, 15) is 9.59 Å². The van der Waals surface area contributed by atoms with Gasteiger partial charge < -0.3 is 23.7 Å². The van der Waals surface area contributed by atoms with Crippen molar-refractivity contribution in [2.45, 2.75) is 6.23 Å². The molecule has 2 aromatic carbocycles. The average molecular weight is 489 g/mol. The Bertz CT molecular complexity index is 1180. The van der Waals surface area contributed by atoms with Gasteiger partial charge in [-0.3, -0.25) is 4.79 Å². The number of carbonyl (C=O) groups is 2. The number of fused-ring (bicyclic) bond motifs is 1. The molecule has 2 heterocycles. The number of benzene rings is 2. The first kappa shape index (κ1) is 22.9. The molecule has 1 unspecified atom stereocenters. The van der Waals surface area contributed by atoms with Crippen molar-refractivity contribution in [3.63, 3.8) is 0 Å². The number of carbonyl (C=O) groups excluding carboxylic acids is 2. The molecule has 1 fully saturated rings. The highest BCUT2D eigenvalue weighted by molar-refractivity contribution is 8.26. The number of rotatable bonds is 7. The largest absolute Gasteiger partial charge is 0.493 e. The number of thioether (sulfide) groups is 1. The minimum absolute atomic E-state index is 0.237. The second kappa shape index (κ2) is 9.30. The standard InChI is InChI=1S/C22H20N2O7S2/c1-27-13-7-5-11(9-15(13)29-3)10-16-20(25)24(22(32)33-16)23-19-12-6-8-14(28-2)18(30-4)17(12)21(26)31-19/h5-10,19,23H,1-4H3/b16-10-. The predicted molar refractivity (Wildman–Crippen MR) is 125 cm³/mol. The minimum atomic E-state index is -0.921. The Hall–Kier alpha value is -3.28. The lowest BCUT2D eigenvalue weighted by molar-refractivity contribution is -0.126. The third kappa shape index (κ3) is 4.10. The van der Waals surface area contributed by atoms with Crippen LogP contribution < -0.4 is 24.4 Å². The van der Waals surface area contributed by atoms with Crippen molar-refractivity contribution in [2.75, 3.05) is 28.4 Å². The molecule has 0 bridgehead atoms. The fourth-order valence-electron chi connectivity index (χ4n) is 3.49. The van der Waals surface area contributed by atoms with Gasteiger partial charge in [-0.15, -0.1) is 0 Å². The number of hydrazine groups is 1. The molecule has 4 rings (SSSR count). The molecule has 2 aliphatic heterocycles. The third-order valence-electron chi connectivity index (χ3n) is 5.03. The molecule has 0 radical (unpaired) electrons. The van der Waals surface area contributed by atoms with Crippen molar-refractivity contribution in [3.05, 3.63) is 51.9 Å². The summed E-state index contributed by atoms with van der Waals surface area (Å²) in [5.74, 6) is 0.825. The maximum atomic E-state index is 13.0. The average Bonchev–Trinajstić information content (AvgIpc) is 3.28. The third-order valence-corrected chi connectivity index (χ3v) is 6.34. The summed E-state index contributed by atoms with van der Waals surface area (Å²) in [5, 5.41) is 1.19. The monoisotopic (exact) mass is 488 g/mol. The van der Waals surface area contributed by atoms with E-state index in [1.807, 2.05) is 0 Å². The van der Waals surface area contributed by atoms with E-state index >= 15 is 0 Å². The van der Waals surface area contributed by atoms with E-state index in [0.29, 0.717) is 27.7 Å². The number of esters is 1. The number of cyclic esters (lactones) is 1. The Morgan fingerprint density at radius 2 is 1.70 bits per heavy atom. The summed E-state index contributed by atoms with van der Waals surface area (Å²) in [5.41, 5.74) is 4.39. The first-order chi connectivity index (χ1) is 15.9. The van der Waals surface area contributed by atoms with Gasteiger partial charge in [0.15, 0.2) is 33.5 Å². The Morgan fingerprint density at radius 3 is 2.36 bits per heavy atom. The fraction of sp³-hybridized carbons (Fsp3) is 0.227. The lowest BCUT2D eigenvalue weighted by atomic mass is 10.1. The number of methoxy groups -OCH3 is 4. The minimum Gasteiger partial charge on any atom is -0.493 e. The summed E-state index contributed by atoms with van der Waals surface area (Å²) in [6.07, 6.45) is 0.779. The summed E-state index contributed by atoms with van der Waals surface area (Å²) in [7, 11) is 6.00. The van der Waals surface area contributed by atoms with Crippen LogP contribution in [0.4, 0.5) is 0 Å². The molecule has 0 aliphatic carbocycles. The number of hydrogen-bond donors (Lipinski definition) is 1. The van der Waals surface area contributed by atoms with Gasteiger partial charge in [0.2, 0.25) is 0 Å². The van der Waals surface area contributed by atoms with Crippen LogP contribution in [0.15, 0.2) is 35.2 Å². The Balaban J connectivity index is 1.58. The van der Waals surface area contributed by atoms with E-state index in [2.05, 4.69) is 5.43 Å². The van der Waals surface area contributed by atoms with Gasteiger partial charge in [-0.25, -0.2) is 9.80 Å². The van der Waals surface area contributed by atoms with E-state index in [1.54, 1.807) is 43.5 Å². The molecule has 11 heteroatoms. The molecular weight excluding hydrogens is 468 g/mol. The lowest BCUT2D eigenvalue weighted by Gasteiger charge is -2.21. The topological polar surface area (TPSA) is 95.6 Å². The van der Waals surface area contributed by atoms with Gasteiger partial charge in [-0.05, 0) is 35.9 Å². The van der Waals surface area contributed by atoms with Crippen LogP contribution in [0.5, 0.6) is 23.0 Å². The highest BCUT2D eigenvalue weighted by Gasteiger charge is 2.40. The van der Waals surface area contributed by atoms with Crippen LogP contribution in [-0.2, 0) is 9.53 Å². The fourth-order valence-corrected chi connectivity index (χ4v) is 4.68. The van der Waals surface area contributed by atoms with E-state index in [1.165, 1.54) is 26.3 Å². The van der Waals surface area contributed by atoms with E-state index < -0.39 is 12.2 Å². The van der Waals surface area contributed by atoms with Crippen molar-refractivity contribution < 1.29 is 33.3 Å². The molecule has 1 saturated heterocycles. The summed E-state index contributed by atoms with van der Waals surface area (Å²) < 4.78 is 26.9. The molecule has 1 N–H and O–H groups in total. The highest BCUT2D eigenvalue weighted by Crippen LogP contribution is 2.42. The van der Waals surface area contributed by atoms with Gasteiger partial charge in [0.05, 0.1) is 33.3 Å². The van der Waals surface area contributed by atoms with Gasteiger partial charge in [0.1, 0.15) is 5.56 Å². The van der Waals surface area contributed by atoms with Crippen LogP contribution >= 0.6 is 24.0 Å². The predicted octanol–water partition coefficient (Wildman–Crippen LogP) is 3.30. The van der Waals surface area contributed by atoms with E-state index in [4.69, 9.17) is 35.9 Å². The van der Waals surface area contributed by atoms with E-state index in [-0.39, 0.29) is 21.5 Å². The molecule has 1 amide bonds. The van der Waals surface area contributed by atoms with Crippen molar-refractivity contribution >= 4 is 46.3 Å². The normalized spacial score (nSPS) is 18.4. The Morgan fingerprint density at radius 1 is 1.00 bits per heavy atom. The first-order valence-corrected chi connectivity index (χ1v) is 10.9. The second-order valence-electron chi connectivity index (χ2n) is 6.81. The number of nitrogens with zero attached hydrogens (tertiary/aromatic N) is 1. The van der Waals surface area contributed by atoms with Crippen molar-refractivity contribution in [3.8, 4) is 23.0 Å². The number of amides is 1. The summed E-state index contributed by atoms with van der Waals surface area (Å²) in [4.78, 5) is 26.0. The number of ether oxygens (including phenoxy) is 5. The van der Waals surface area contributed by atoms with Crippen molar-refractivity contribution in [1.82, 2.24) is 10.4 Å². The molecule has 0 saturated carbocycles. The van der Waals surface area contributed by atoms with Crippen LogP contribution in [0.25, 0.3) is 6.08 Å². The maximum absolute atomic E-state index is 13.0. The lowest BCUT2D eigenvalue weighted by Crippen LogP contribution is -2.43. The Kier molecular flexibility index (Phi) is 6.45. The van der Waals surface area contributed by atoms with Crippen molar-refractivity contribution in [1.29, 1.82) is 0 Å². The molecule has 172 valence electrons. The molecular formula is C22H20N2O7S2. The second-order valence-corrected chi connectivity index (χ2v) is 8.49. The summed E-state index contributed by atoms with van der Waals surface area (Å²) in [6, 6.07) is 8.65. The van der Waals surface area contributed by atoms with Gasteiger partial charge in [-0.1, -0.05) is 30.0 Å². The van der Waals surface area contributed by atoms with Gasteiger partial charge in [0, 0.05) is 5.56 Å². The zero-order valence-corrected chi connectivity index (χ0v) is 19.8. The van der Waals surface area contributed by atoms with Gasteiger partial charge in [-0.2, -0.15) is 5.43 Å². The van der Waals surface area contributed by atoms with Crippen LogP contribution in [0, 0.1) is 0 Å². The summed E-state index contributed by atoms with van der Waals surface area (Å²) in [6.45, 7) is 0. The smallest absolute Gasteiger partial charge is 0.344 e. The zero-order valence-electron chi connectivity index (χ0n) is 18.2. The van der Waals surface area contributed by atoms with Crippen LogP contribution in [0.1, 0.15) is 27.7 Å². The quantitative estimate of drug-likeness (QED) is 0.355. The SMILES string of the molecule is COc1ccc(/C=C2\SC(=S)N(NC3OC(=O)c4c3ccc(OC)c4OC)C2=O)cc1OC. The van der Waals surface area contributed by atoms with Crippen LogP contribution in [0.2, 0.25) is 0 Å². The molecule has 0 spiro atoms.